The van der Waals surface area contributed by atoms with Crippen LogP contribution in [0.25, 0.3) is 6.08 Å². The summed E-state index contributed by atoms with van der Waals surface area (Å²) >= 11 is -1.10. The van der Waals surface area contributed by atoms with Crippen LogP contribution in [0.4, 0.5) is 0 Å². The average molecular weight is 513 g/mol. The molecular formula is C25H34Hf. The van der Waals surface area contributed by atoms with E-state index in [0.717, 1.165) is 0 Å². The Hall–Kier alpha value is -0.690. The molecule has 0 bridgehead atoms. The Labute approximate surface area is 172 Å². The van der Waals surface area contributed by atoms with Gasteiger partial charge in [-0.15, -0.1) is 0 Å². The number of aryl methyl sites for hydroxylation is 2. The number of rotatable bonds is 2. The molecule has 0 aromatic heterocycles. The summed E-state index contributed by atoms with van der Waals surface area (Å²) < 4.78 is 2.16. The first-order valence-corrected chi connectivity index (χ1v) is 13.4. The van der Waals surface area contributed by atoms with Crippen molar-refractivity contribution in [3.05, 3.63) is 60.0 Å². The molecule has 0 aliphatic heterocycles. The van der Waals surface area contributed by atoms with Crippen LogP contribution in [0.2, 0.25) is 3.17 Å². The second-order valence-corrected chi connectivity index (χ2v) is 16.3. The Kier molecular flexibility index (Phi) is 4.96. The molecule has 0 fully saturated rings. The Bertz CT molecular complexity index is 844. The number of allylic oxidation sites excluding steroid dienone is 5. The van der Waals surface area contributed by atoms with Crippen LogP contribution >= 0.6 is 0 Å². The van der Waals surface area contributed by atoms with E-state index >= 15 is 0 Å². The molecule has 1 atom stereocenters. The third-order valence-corrected chi connectivity index (χ3v) is 14.2. The van der Waals surface area contributed by atoms with Crippen LogP contribution in [0, 0.1) is 19.3 Å². The van der Waals surface area contributed by atoms with Crippen LogP contribution in [0.3, 0.4) is 0 Å². The predicted octanol–water partition coefficient (Wildman–Crippen LogP) is 7.74. The standard InChI is InChI=1S/C15H19.C10H15.Hf/c1-10-8-12-6-7-14(15(3,4)5)13(12)9-11(10)2;1-6-7(2)9(4)10(5)8(6)3;/h6,8-9,14H,1-5H3;1-5H3;. The summed E-state index contributed by atoms with van der Waals surface area (Å²) in [5.41, 5.74) is 12.6. The van der Waals surface area contributed by atoms with Crippen LogP contribution in [-0.4, -0.2) is 0 Å². The summed E-state index contributed by atoms with van der Waals surface area (Å²) in [5.74, 6) is 0.596. The van der Waals surface area contributed by atoms with E-state index in [1.54, 1.807) is 31.2 Å². The minimum atomic E-state index is -1.10. The summed E-state index contributed by atoms with van der Waals surface area (Å²) in [4.78, 5) is 0. The molecule has 1 aromatic carbocycles. The van der Waals surface area contributed by atoms with Crippen molar-refractivity contribution < 1.29 is 22.9 Å². The van der Waals surface area contributed by atoms with E-state index < -0.39 is 22.9 Å². The fourth-order valence-corrected chi connectivity index (χ4v) is 13.0. The van der Waals surface area contributed by atoms with Gasteiger partial charge in [0.1, 0.15) is 0 Å². The van der Waals surface area contributed by atoms with Gasteiger partial charge in [0.05, 0.1) is 0 Å². The summed E-state index contributed by atoms with van der Waals surface area (Å²) in [6.07, 6.45) is 2.59. The molecule has 2 aliphatic rings. The number of fused-ring (bicyclic) bond motifs is 1. The van der Waals surface area contributed by atoms with Crippen molar-refractivity contribution in [3.63, 3.8) is 0 Å². The molecular weight excluding hydrogens is 479 g/mol. The number of benzene rings is 1. The number of hydrogen-bond acceptors (Lipinski definition) is 0. The molecule has 0 saturated heterocycles. The second kappa shape index (κ2) is 6.43. The molecule has 1 unspecified atom stereocenters. The first kappa shape index (κ1) is 20.1. The van der Waals surface area contributed by atoms with Gasteiger partial charge in [-0.2, -0.15) is 0 Å². The van der Waals surface area contributed by atoms with Gasteiger partial charge >= 0.3 is 173 Å². The Balaban J connectivity index is 2.10. The molecule has 1 heteroatoms. The van der Waals surface area contributed by atoms with Crippen LogP contribution in [0.15, 0.2) is 37.8 Å². The van der Waals surface area contributed by atoms with Crippen LogP contribution in [0.5, 0.6) is 0 Å². The third kappa shape index (κ3) is 2.99. The van der Waals surface area contributed by atoms with E-state index in [9.17, 15) is 0 Å². The SMILES string of the molecule is CC1=C(C)[C](C)([Hf][C]2=Cc3cc(C)c(C)cc3C2C(C)(C)C)C(C)=C1C. The van der Waals surface area contributed by atoms with Crippen molar-refractivity contribution >= 4 is 6.08 Å². The average Bonchev–Trinajstić information content (AvgIpc) is 2.94. The van der Waals surface area contributed by atoms with Gasteiger partial charge < -0.3 is 0 Å². The van der Waals surface area contributed by atoms with Gasteiger partial charge in [-0.25, -0.2) is 0 Å². The molecule has 26 heavy (non-hydrogen) atoms. The zero-order chi connectivity index (χ0) is 19.6. The van der Waals surface area contributed by atoms with Crippen LogP contribution < -0.4 is 0 Å². The van der Waals surface area contributed by atoms with Crippen LogP contribution in [-0.2, 0) is 22.9 Å². The van der Waals surface area contributed by atoms with Crippen molar-refractivity contribution in [1.29, 1.82) is 0 Å². The van der Waals surface area contributed by atoms with Crippen molar-refractivity contribution in [3.8, 4) is 0 Å². The zero-order valence-electron chi connectivity index (χ0n) is 18.3. The summed E-state index contributed by atoms with van der Waals surface area (Å²) in [7, 11) is 0. The molecule has 0 heterocycles. The van der Waals surface area contributed by atoms with E-state index in [2.05, 4.69) is 87.4 Å². The predicted molar refractivity (Wildman–Crippen MR) is 111 cm³/mol. The Morgan fingerprint density at radius 2 is 1.35 bits per heavy atom. The first-order chi connectivity index (χ1) is 11.9. The summed E-state index contributed by atoms with van der Waals surface area (Å²) in [5, 5.41) is 0. The van der Waals surface area contributed by atoms with Gasteiger partial charge in [-0.05, 0) is 0 Å². The molecule has 0 radical (unpaired) electrons. The molecule has 3 rings (SSSR count). The van der Waals surface area contributed by atoms with Gasteiger partial charge in [0.25, 0.3) is 0 Å². The Morgan fingerprint density at radius 1 is 0.846 bits per heavy atom. The Morgan fingerprint density at radius 3 is 1.85 bits per heavy atom. The quantitative estimate of drug-likeness (QED) is 0.355. The fraction of sp³-hybridized carbons (Fsp3) is 0.520. The summed E-state index contributed by atoms with van der Waals surface area (Å²) in [6, 6.07) is 4.91. The molecule has 0 spiro atoms. The first-order valence-electron chi connectivity index (χ1n) is 9.85. The monoisotopic (exact) mass is 514 g/mol. The van der Waals surface area contributed by atoms with Crippen LogP contribution in [0.1, 0.15) is 83.6 Å². The van der Waals surface area contributed by atoms with Gasteiger partial charge in [-0.1, -0.05) is 0 Å². The molecule has 0 saturated carbocycles. The van der Waals surface area contributed by atoms with E-state index in [-0.39, 0.29) is 5.41 Å². The van der Waals surface area contributed by atoms with Gasteiger partial charge in [0.15, 0.2) is 0 Å². The molecule has 0 N–H and O–H groups in total. The maximum atomic E-state index is 2.59. The van der Waals surface area contributed by atoms with Crippen molar-refractivity contribution in [2.24, 2.45) is 5.41 Å². The van der Waals surface area contributed by atoms with E-state index in [1.807, 2.05) is 0 Å². The topological polar surface area (TPSA) is 0 Å². The molecule has 2 aliphatic carbocycles. The van der Waals surface area contributed by atoms with Gasteiger partial charge in [-0.3, -0.25) is 0 Å². The van der Waals surface area contributed by atoms with Crippen molar-refractivity contribution in [2.75, 3.05) is 0 Å². The molecule has 138 valence electrons. The van der Waals surface area contributed by atoms with Crippen molar-refractivity contribution in [2.45, 2.75) is 78.3 Å². The third-order valence-electron chi connectivity index (χ3n) is 7.08. The molecule has 1 aromatic rings. The summed E-state index contributed by atoms with van der Waals surface area (Å²) in [6.45, 7) is 23.8. The van der Waals surface area contributed by atoms with Crippen molar-refractivity contribution in [1.82, 2.24) is 0 Å². The number of hydrogen-bond donors (Lipinski definition) is 0. The van der Waals surface area contributed by atoms with E-state index in [1.165, 1.54) is 16.7 Å². The van der Waals surface area contributed by atoms with E-state index in [0.29, 0.717) is 9.09 Å². The fourth-order valence-electron chi connectivity index (χ4n) is 4.77. The zero-order valence-corrected chi connectivity index (χ0v) is 21.9. The van der Waals surface area contributed by atoms with Gasteiger partial charge in [0.2, 0.25) is 0 Å². The van der Waals surface area contributed by atoms with Gasteiger partial charge in [0, 0.05) is 0 Å². The normalized spacial score (nSPS) is 22.1. The minimum absolute atomic E-state index is 0.278. The maximum absolute atomic E-state index is 2.59. The molecule has 0 nitrogen and oxygen atoms in total. The second-order valence-electron chi connectivity index (χ2n) is 9.71. The van der Waals surface area contributed by atoms with E-state index in [4.69, 9.17) is 0 Å². The molecule has 0 amide bonds.